The van der Waals surface area contributed by atoms with Crippen LogP contribution in [-0.2, 0) is 21.1 Å². The number of amides is 2. The molecule has 1 aliphatic heterocycles. The number of nitrogens with one attached hydrogen (secondary N) is 1. The maximum atomic E-state index is 13.4. The molecule has 1 saturated heterocycles. The molecule has 0 saturated carbocycles. The number of alkyl halides is 3. The van der Waals surface area contributed by atoms with E-state index in [1.807, 2.05) is 44.2 Å². The van der Waals surface area contributed by atoms with Gasteiger partial charge in [-0.1, -0.05) is 47.6 Å². The van der Waals surface area contributed by atoms with Crippen molar-refractivity contribution in [1.29, 1.82) is 0 Å². The molecule has 2 aromatic carbocycles. The summed E-state index contributed by atoms with van der Waals surface area (Å²) in [7, 11) is 0. The minimum absolute atomic E-state index is 0.0565. The van der Waals surface area contributed by atoms with Gasteiger partial charge in [0.05, 0.1) is 24.7 Å². The number of carbonyl (C=O) groups excluding carboxylic acids is 2. The molecule has 4 rings (SSSR count). The van der Waals surface area contributed by atoms with E-state index in [9.17, 15) is 22.8 Å². The standard InChI is InChI=1S/C25H25F3N4O4/c1-24(2,18-6-4-3-5-7-18)23(34)32-12-13-35-15-19(32)14-29-21(33)17-10-8-16(9-11-17)20-30-22(36-31-20)25(26,27)28/h3-11,19H,12-15H2,1-2H3,(H,29,33)/t19-/m1/s1. The maximum Gasteiger partial charge on any atom is 0.471 e. The molecule has 36 heavy (non-hydrogen) atoms. The van der Waals surface area contributed by atoms with E-state index in [2.05, 4.69) is 20.0 Å². The Labute approximate surface area is 205 Å². The second-order valence-corrected chi connectivity index (χ2v) is 8.93. The van der Waals surface area contributed by atoms with Gasteiger partial charge in [-0.2, -0.15) is 18.2 Å². The lowest BCUT2D eigenvalue weighted by atomic mass is 9.82. The molecule has 11 heteroatoms. The summed E-state index contributed by atoms with van der Waals surface area (Å²) in [5.41, 5.74) is 0.704. The summed E-state index contributed by atoms with van der Waals surface area (Å²) in [6, 6.07) is 14.9. The number of nitrogens with zero attached hydrogens (tertiary/aromatic N) is 3. The fourth-order valence-electron chi connectivity index (χ4n) is 3.97. The molecule has 190 valence electrons. The third kappa shape index (κ3) is 5.40. The average molecular weight is 502 g/mol. The first-order valence-electron chi connectivity index (χ1n) is 11.3. The zero-order valence-corrected chi connectivity index (χ0v) is 19.7. The van der Waals surface area contributed by atoms with E-state index in [1.165, 1.54) is 24.3 Å². The zero-order valence-electron chi connectivity index (χ0n) is 19.7. The van der Waals surface area contributed by atoms with E-state index >= 15 is 0 Å². The lowest BCUT2D eigenvalue weighted by Gasteiger charge is -2.40. The number of hydrogen-bond acceptors (Lipinski definition) is 6. The van der Waals surface area contributed by atoms with Crippen molar-refractivity contribution in [3.05, 3.63) is 71.6 Å². The van der Waals surface area contributed by atoms with Crippen LogP contribution in [0.2, 0.25) is 0 Å². The van der Waals surface area contributed by atoms with Crippen LogP contribution in [0.3, 0.4) is 0 Å². The molecular formula is C25H25F3N4O4. The van der Waals surface area contributed by atoms with Crippen molar-refractivity contribution in [3.8, 4) is 11.4 Å². The Hall–Kier alpha value is -3.73. The van der Waals surface area contributed by atoms with E-state index in [0.717, 1.165) is 5.56 Å². The molecule has 1 N–H and O–H groups in total. The minimum Gasteiger partial charge on any atom is -0.377 e. The fourth-order valence-corrected chi connectivity index (χ4v) is 3.97. The van der Waals surface area contributed by atoms with Gasteiger partial charge in [0.15, 0.2) is 0 Å². The number of halogens is 3. The van der Waals surface area contributed by atoms with Gasteiger partial charge >= 0.3 is 12.1 Å². The Kier molecular flexibility index (Phi) is 7.11. The first-order valence-corrected chi connectivity index (χ1v) is 11.3. The summed E-state index contributed by atoms with van der Waals surface area (Å²) in [4.78, 5) is 31.2. The number of benzene rings is 2. The van der Waals surface area contributed by atoms with Crippen LogP contribution >= 0.6 is 0 Å². The Morgan fingerprint density at radius 2 is 1.78 bits per heavy atom. The van der Waals surface area contributed by atoms with E-state index in [0.29, 0.717) is 13.2 Å². The summed E-state index contributed by atoms with van der Waals surface area (Å²) in [5, 5.41) is 6.15. The highest BCUT2D eigenvalue weighted by atomic mass is 19.4. The summed E-state index contributed by atoms with van der Waals surface area (Å²) < 4.78 is 47.8. The van der Waals surface area contributed by atoms with Crippen LogP contribution < -0.4 is 5.32 Å². The predicted molar refractivity (Wildman–Crippen MR) is 123 cm³/mol. The van der Waals surface area contributed by atoms with Gasteiger partial charge in [-0.3, -0.25) is 9.59 Å². The molecule has 1 fully saturated rings. The highest BCUT2D eigenvalue weighted by molar-refractivity contribution is 5.94. The summed E-state index contributed by atoms with van der Waals surface area (Å²) in [6.45, 7) is 5.03. The topological polar surface area (TPSA) is 97.6 Å². The van der Waals surface area contributed by atoms with Gasteiger partial charge in [-0.25, -0.2) is 0 Å². The van der Waals surface area contributed by atoms with E-state index in [1.54, 1.807) is 4.90 Å². The van der Waals surface area contributed by atoms with Gasteiger partial charge in [-0.15, -0.1) is 0 Å². The Bertz CT molecular complexity index is 1210. The molecule has 2 heterocycles. The number of rotatable bonds is 6. The Morgan fingerprint density at radius 1 is 1.08 bits per heavy atom. The molecule has 1 aliphatic rings. The zero-order chi connectivity index (χ0) is 25.9. The third-order valence-corrected chi connectivity index (χ3v) is 6.09. The monoisotopic (exact) mass is 502 g/mol. The highest BCUT2D eigenvalue weighted by Crippen LogP contribution is 2.30. The van der Waals surface area contributed by atoms with Crippen LogP contribution in [0.15, 0.2) is 59.1 Å². The molecule has 1 atom stereocenters. The highest BCUT2D eigenvalue weighted by Gasteiger charge is 2.39. The summed E-state index contributed by atoms with van der Waals surface area (Å²) >= 11 is 0. The molecule has 0 spiro atoms. The lowest BCUT2D eigenvalue weighted by molar-refractivity contribution is -0.159. The molecule has 2 amide bonds. The van der Waals surface area contributed by atoms with Crippen molar-refractivity contribution in [3.63, 3.8) is 0 Å². The smallest absolute Gasteiger partial charge is 0.377 e. The minimum atomic E-state index is -4.74. The Balaban J connectivity index is 1.40. The first-order chi connectivity index (χ1) is 17.1. The molecule has 0 radical (unpaired) electrons. The van der Waals surface area contributed by atoms with E-state index < -0.39 is 23.4 Å². The second-order valence-electron chi connectivity index (χ2n) is 8.93. The van der Waals surface area contributed by atoms with Crippen molar-refractivity contribution >= 4 is 11.8 Å². The largest absolute Gasteiger partial charge is 0.471 e. The van der Waals surface area contributed by atoms with Crippen LogP contribution in [0.25, 0.3) is 11.4 Å². The summed E-state index contributed by atoms with van der Waals surface area (Å²) in [5.74, 6) is -2.13. The first kappa shape index (κ1) is 25.4. The maximum absolute atomic E-state index is 13.4. The van der Waals surface area contributed by atoms with Crippen LogP contribution in [0.1, 0.15) is 35.7 Å². The number of ether oxygens (including phenoxy) is 1. The van der Waals surface area contributed by atoms with Crippen molar-refractivity contribution in [2.75, 3.05) is 26.3 Å². The normalized spacial score (nSPS) is 16.6. The van der Waals surface area contributed by atoms with Crippen LogP contribution in [0, 0.1) is 0 Å². The number of morpholine rings is 1. The number of hydrogen-bond donors (Lipinski definition) is 1. The van der Waals surface area contributed by atoms with Gasteiger partial charge in [0.2, 0.25) is 11.7 Å². The second kappa shape index (κ2) is 10.1. The molecule has 8 nitrogen and oxygen atoms in total. The number of carbonyl (C=O) groups is 2. The van der Waals surface area contributed by atoms with E-state index in [-0.39, 0.29) is 42.1 Å². The van der Waals surface area contributed by atoms with Crippen LogP contribution in [0.4, 0.5) is 13.2 Å². The third-order valence-electron chi connectivity index (χ3n) is 6.09. The van der Waals surface area contributed by atoms with Gasteiger partial charge < -0.3 is 19.5 Å². The van der Waals surface area contributed by atoms with Crippen molar-refractivity contribution in [2.45, 2.75) is 31.5 Å². The Morgan fingerprint density at radius 3 is 2.42 bits per heavy atom. The van der Waals surface area contributed by atoms with Crippen molar-refractivity contribution in [1.82, 2.24) is 20.4 Å². The quantitative estimate of drug-likeness (QED) is 0.552. The SMILES string of the molecule is CC(C)(C(=O)N1CCOC[C@H]1CNC(=O)c1ccc(-c2noc(C(F)(F)F)n2)cc1)c1ccccc1. The molecule has 0 unspecified atom stereocenters. The van der Waals surface area contributed by atoms with Crippen LogP contribution in [-0.4, -0.2) is 59.2 Å². The van der Waals surface area contributed by atoms with Crippen LogP contribution in [0.5, 0.6) is 0 Å². The van der Waals surface area contributed by atoms with Gasteiger partial charge in [0, 0.05) is 24.2 Å². The molecule has 0 aliphatic carbocycles. The lowest BCUT2D eigenvalue weighted by Crippen LogP contribution is -2.57. The van der Waals surface area contributed by atoms with E-state index in [4.69, 9.17) is 4.74 Å². The number of aromatic nitrogens is 2. The molecular weight excluding hydrogens is 477 g/mol. The van der Waals surface area contributed by atoms with Gasteiger partial charge in [-0.05, 0) is 31.5 Å². The van der Waals surface area contributed by atoms with Gasteiger partial charge in [0.1, 0.15) is 0 Å². The van der Waals surface area contributed by atoms with Gasteiger partial charge in [0.25, 0.3) is 5.91 Å². The molecule has 1 aromatic heterocycles. The molecule has 0 bridgehead atoms. The predicted octanol–water partition coefficient (Wildman–Crippen LogP) is 3.69. The summed E-state index contributed by atoms with van der Waals surface area (Å²) in [6.07, 6.45) is -4.74. The van der Waals surface area contributed by atoms with Crippen molar-refractivity contribution in [2.24, 2.45) is 0 Å². The van der Waals surface area contributed by atoms with Crippen molar-refractivity contribution < 1.29 is 32.0 Å². The average Bonchev–Trinajstić information content (AvgIpc) is 3.39. The molecule has 3 aromatic rings. The fraction of sp³-hybridized carbons (Fsp3) is 0.360.